The lowest BCUT2D eigenvalue weighted by Gasteiger charge is -2.21. The summed E-state index contributed by atoms with van der Waals surface area (Å²) in [6.45, 7) is 4.81. The number of aromatic nitrogens is 1. The summed E-state index contributed by atoms with van der Waals surface area (Å²) < 4.78 is 21.8. The molecule has 4 aromatic rings. The largest absolute Gasteiger partial charge is 0.507 e. The third-order valence-electron chi connectivity index (χ3n) is 5.62. The van der Waals surface area contributed by atoms with Crippen molar-refractivity contribution in [3.05, 3.63) is 60.0 Å². The number of rotatable bonds is 1. The summed E-state index contributed by atoms with van der Waals surface area (Å²) in [7, 11) is 1.89. The number of aromatic hydroxyl groups is 1. The lowest BCUT2D eigenvalue weighted by Crippen LogP contribution is -2.19. The van der Waals surface area contributed by atoms with E-state index in [0.29, 0.717) is 6.61 Å². The second-order valence-corrected chi connectivity index (χ2v) is 7.96. The van der Waals surface area contributed by atoms with E-state index < -0.39 is 0 Å². The van der Waals surface area contributed by atoms with Crippen molar-refractivity contribution < 1.29 is 14.2 Å². The van der Waals surface area contributed by atoms with Gasteiger partial charge in [0, 0.05) is 51.5 Å². The molecule has 3 nitrogen and oxygen atoms in total. The highest BCUT2D eigenvalue weighted by atomic mass is 19.1. The molecule has 0 amide bonds. The van der Waals surface area contributed by atoms with Crippen LogP contribution in [-0.4, -0.2) is 16.3 Å². The third-order valence-corrected chi connectivity index (χ3v) is 5.62. The zero-order valence-electron chi connectivity index (χ0n) is 15.5. The van der Waals surface area contributed by atoms with Crippen LogP contribution in [0.2, 0.25) is 0 Å². The summed E-state index contributed by atoms with van der Waals surface area (Å²) in [6, 6.07) is 12.5. The van der Waals surface area contributed by atoms with E-state index in [2.05, 4.69) is 13.8 Å². The Hall–Kier alpha value is -3.01. The Morgan fingerprint density at radius 1 is 1.07 bits per heavy atom. The summed E-state index contributed by atoms with van der Waals surface area (Å²) in [6.07, 6.45) is 1.96. The van der Waals surface area contributed by atoms with Gasteiger partial charge in [0.05, 0.1) is 12.1 Å². The molecule has 0 spiro atoms. The predicted octanol–water partition coefficient (Wildman–Crippen LogP) is 5.51. The third kappa shape index (κ3) is 2.13. The van der Waals surface area contributed by atoms with E-state index in [9.17, 15) is 9.50 Å². The van der Waals surface area contributed by atoms with Crippen LogP contribution >= 0.6 is 0 Å². The number of benzene rings is 3. The molecule has 3 aromatic carbocycles. The van der Waals surface area contributed by atoms with Crippen LogP contribution in [0.3, 0.4) is 0 Å². The molecule has 0 bridgehead atoms. The lowest BCUT2D eigenvalue weighted by molar-refractivity contribution is 0.293. The molecule has 1 N–H and O–H groups in total. The molecule has 4 heteroatoms. The highest BCUT2D eigenvalue weighted by Gasteiger charge is 2.38. The van der Waals surface area contributed by atoms with Gasteiger partial charge in [0.2, 0.25) is 0 Å². The first-order chi connectivity index (χ1) is 12.9. The molecule has 0 saturated heterocycles. The van der Waals surface area contributed by atoms with Gasteiger partial charge in [-0.05, 0) is 18.2 Å². The SMILES string of the molecule is Cn1cc(-c2c3c(c4ccccc4c2O)OCC3(C)C)c2ccc(F)cc21. The summed E-state index contributed by atoms with van der Waals surface area (Å²) in [5, 5.41) is 13.9. The minimum Gasteiger partial charge on any atom is -0.507 e. The molecule has 27 heavy (non-hydrogen) atoms. The van der Waals surface area contributed by atoms with Crippen molar-refractivity contribution in [3.8, 4) is 22.6 Å². The number of nitrogens with zero attached hydrogens (tertiary/aromatic N) is 1. The van der Waals surface area contributed by atoms with Crippen LogP contribution in [0.4, 0.5) is 4.39 Å². The Kier molecular flexibility index (Phi) is 3.15. The first kappa shape index (κ1) is 16.2. The van der Waals surface area contributed by atoms with E-state index in [-0.39, 0.29) is 17.0 Å². The maximum absolute atomic E-state index is 13.8. The number of fused-ring (bicyclic) bond motifs is 4. The topological polar surface area (TPSA) is 34.4 Å². The van der Waals surface area contributed by atoms with E-state index >= 15 is 0 Å². The van der Waals surface area contributed by atoms with Crippen LogP contribution < -0.4 is 4.74 Å². The van der Waals surface area contributed by atoms with Gasteiger partial charge in [-0.1, -0.05) is 38.1 Å². The van der Waals surface area contributed by atoms with Crippen LogP contribution in [0.1, 0.15) is 19.4 Å². The van der Waals surface area contributed by atoms with E-state index in [1.807, 2.05) is 42.1 Å². The molecule has 2 heterocycles. The Bertz CT molecular complexity index is 1240. The average molecular weight is 361 g/mol. The second kappa shape index (κ2) is 5.26. The van der Waals surface area contributed by atoms with E-state index in [0.717, 1.165) is 44.1 Å². The fourth-order valence-electron chi connectivity index (χ4n) is 4.33. The Labute approximate surface area is 156 Å². The number of aryl methyl sites for hydroxylation is 1. The van der Waals surface area contributed by atoms with Crippen LogP contribution in [0.5, 0.6) is 11.5 Å². The molecule has 0 saturated carbocycles. The summed E-state index contributed by atoms with van der Waals surface area (Å²) >= 11 is 0. The number of ether oxygens (including phenoxy) is 1. The van der Waals surface area contributed by atoms with Crippen molar-refractivity contribution in [2.24, 2.45) is 7.05 Å². The van der Waals surface area contributed by atoms with Crippen molar-refractivity contribution in [1.82, 2.24) is 4.57 Å². The molecule has 1 aromatic heterocycles. The molecular weight excluding hydrogens is 341 g/mol. The molecule has 0 unspecified atom stereocenters. The van der Waals surface area contributed by atoms with Crippen molar-refractivity contribution >= 4 is 21.7 Å². The molecule has 1 aliphatic rings. The zero-order valence-corrected chi connectivity index (χ0v) is 15.5. The van der Waals surface area contributed by atoms with Gasteiger partial charge in [-0.25, -0.2) is 4.39 Å². The number of phenolic OH excluding ortho intramolecular Hbond substituents is 1. The zero-order chi connectivity index (χ0) is 18.9. The normalized spacial score (nSPS) is 15.3. The van der Waals surface area contributed by atoms with Crippen LogP contribution in [0.15, 0.2) is 48.7 Å². The minimum atomic E-state index is -0.271. The number of hydrogen-bond acceptors (Lipinski definition) is 2. The van der Waals surface area contributed by atoms with Gasteiger partial charge in [0.25, 0.3) is 0 Å². The maximum atomic E-state index is 13.8. The summed E-state index contributed by atoms with van der Waals surface area (Å²) in [5.74, 6) is 0.814. The number of halogens is 1. The number of hydrogen-bond donors (Lipinski definition) is 1. The van der Waals surface area contributed by atoms with E-state index in [1.165, 1.54) is 12.1 Å². The highest BCUT2D eigenvalue weighted by Crippen LogP contribution is 2.54. The van der Waals surface area contributed by atoms with Crippen LogP contribution in [0, 0.1) is 5.82 Å². The molecule has 0 radical (unpaired) electrons. The molecule has 0 atom stereocenters. The van der Waals surface area contributed by atoms with Gasteiger partial charge in [0.15, 0.2) is 0 Å². The van der Waals surface area contributed by atoms with Crippen molar-refractivity contribution in [3.63, 3.8) is 0 Å². The van der Waals surface area contributed by atoms with Gasteiger partial charge in [-0.15, -0.1) is 0 Å². The maximum Gasteiger partial charge on any atom is 0.131 e. The van der Waals surface area contributed by atoms with E-state index in [1.54, 1.807) is 6.07 Å². The standard InChI is InChI=1S/C23H20FNO2/c1-23(2)12-27-22-16-7-5-4-6-15(16)21(26)19(20(22)23)17-11-25(3)18-10-13(24)8-9-14(17)18/h4-11,26H,12H2,1-3H3. The molecule has 0 aliphatic carbocycles. The van der Waals surface area contributed by atoms with Gasteiger partial charge in [-0.3, -0.25) is 0 Å². The Morgan fingerprint density at radius 2 is 1.81 bits per heavy atom. The first-order valence-electron chi connectivity index (χ1n) is 9.04. The summed E-state index contributed by atoms with van der Waals surface area (Å²) in [5.41, 5.74) is 3.24. The molecular formula is C23H20FNO2. The van der Waals surface area contributed by atoms with Crippen molar-refractivity contribution in [2.75, 3.05) is 6.61 Å². The molecule has 5 rings (SSSR count). The van der Waals surface area contributed by atoms with Crippen molar-refractivity contribution in [2.45, 2.75) is 19.3 Å². The monoisotopic (exact) mass is 361 g/mol. The fraction of sp³-hybridized carbons (Fsp3) is 0.217. The van der Waals surface area contributed by atoms with Gasteiger partial charge in [0.1, 0.15) is 17.3 Å². The highest BCUT2D eigenvalue weighted by molar-refractivity contribution is 6.07. The minimum absolute atomic E-state index is 0.242. The van der Waals surface area contributed by atoms with Crippen LogP contribution in [-0.2, 0) is 12.5 Å². The van der Waals surface area contributed by atoms with Gasteiger partial charge in [-0.2, -0.15) is 0 Å². The van der Waals surface area contributed by atoms with E-state index in [4.69, 9.17) is 4.74 Å². The van der Waals surface area contributed by atoms with Gasteiger partial charge < -0.3 is 14.4 Å². The second-order valence-electron chi connectivity index (χ2n) is 7.96. The Morgan fingerprint density at radius 3 is 2.59 bits per heavy atom. The lowest BCUT2D eigenvalue weighted by atomic mass is 9.80. The Balaban J connectivity index is 1.97. The molecule has 1 aliphatic heterocycles. The first-order valence-corrected chi connectivity index (χ1v) is 9.04. The molecule has 0 fully saturated rings. The predicted molar refractivity (Wildman–Crippen MR) is 106 cm³/mol. The smallest absolute Gasteiger partial charge is 0.131 e. The van der Waals surface area contributed by atoms with Gasteiger partial charge >= 0.3 is 0 Å². The summed E-state index contributed by atoms with van der Waals surface area (Å²) in [4.78, 5) is 0. The molecule has 136 valence electrons. The fourth-order valence-corrected chi connectivity index (χ4v) is 4.33. The van der Waals surface area contributed by atoms with Crippen LogP contribution in [0.25, 0.3) is 32.8 Å². The number of phenols is 1. The van der Waals surface area contributed by atoms with Crippen molar-refractivity contribution in [1.29, 1.82) is 0 Å². The average Bonchev–Trinajstić information content (AvgIpc) is 3.13. The quantitative estimate of drug-likeness (QED) is 0.485.